The lowest BCUT2D eigenvalue weighted by atomic mass is 10.3. The van der Waals surface area contributed by atoms with Crippen molar-refractivity contribution in [2.24, 2.45) is 0 Å². The second-order valence-corrected chi connectivity index (χ2v) is 2.37. The van der Waals surface area contributed by atoms with E-state index in [1.807, 2.05) is 0 Å². The van der Waals surface area contributed by atoms with Gasteiger partial charge in [-0.3, -0.25) is 10.5 Å². The van der Waals surface area contributed by atoms with Crippen molar-refractivity contribution in [3.63, 3.8) is 0 Å². The summed E-state index contributed by atoms with van der Waals surface area (Å²) in [6, 6.07) is 0. The smallest absolute Gasteiger partial charge is 0.267 e. The molecule has 0 unspecified atom stereocenters. The highest BCUT2D eigenvalue weighted by Crippen LogP contribution is 2.13. The van der Waals surface area contributed by atoms with E-state index in [9.17, 15) is 4.79 Å². The summed E-state index contributed by atoms with van der Waals surface area (Å²) in [6.07, 6.45) is 1.12. The number of aromatic nitrogens is 2. The molecule has 0 fully saturated rings. The number of hydrogen-bond donors (Lipinski definition) is 0. The van der Waals surface area contributed by atoms with Gasteiger partial charge < -0.3 is 0 Å². The van der Waals surface area contributed by atoms with Crippen molar-refractivity contribution in [3.05, 3.63) is 22.2 Å². The Morgan fingerprint density at radius 1 is 1.55 bits per heavy atom. The first-order valence-corrected chi connectivity index (χ1v) is 3.31. The fraction of sp³-hybridized carbons (Fsp3) is 0. The van der Waals surface area contributed by atoms with Gasteiger partial charge >= 0.3 is 0 Å². The molecule has 4 nitrogen and oxygen atoms in total. The predicted octanol–water partition coefficient (Wildman–Crippen LogP) is 1.21. The van der Waals surface area contributed by atoms with E-state index >= 15 is 0 Å². The van der Waals surface area contributed by atoms with Gasteiger partial charge in [-0.15, -0.1) is 0 Å². The summed E-state index contributed by atoms with van der Waals surface area (Å²) in [6.45, 7) is 0. The summed E-state index contributed by atoms with van der Waals surface area (Å²) in [7, 11) is 0. The van der Waals surface area contributed by atoms with Gasteiger partial charge in [0, 0.05) is 6.20 Å². The molecule has 57 valence electrons. The average molecular weight is 191 g/mol. The van der Waals surface area contributed by atoms with Crippen LogP contribution >= 0.6 is 23.2 Å². The van der Waals surface area contributed by atoms with E-state index < -0.39 is 5.91 Å². The molecular weight excluding hydrogens is 189 g/mol. The molecule has 0 spiro atoms. The van der Waals surface area contributed by atoms with Gasteiger partial charge in [0.25, 0.3) is 5.91 Å². The Bertz CT molecular complexity index is 302. The molecule has 0 saturated heterocycles. The van der Waals surface area contributed by atoms with Crippen molar-refractivity contribution in [1.29, 1.82) is 0 Å². The van der Waals surface area contributed by atoms with E-state index in [1.165, 1.54) is 0 Å². The largest absolute Gasteiger partial charge is 0.274 e. The second-order valence-electron chi connectivity index (χ2n) is 1.67. The molecule has 1 rings (SSSR count). The second kappa shape index (κ2) is 3.02. The highest BCUT2D eigenvalue weighted by Gasteiger charge is 2.08. The maximum atomic E-state index is 10.4. The molecule has 1 radical (unpaired) electrons. The topological polar surface area (TPSA) is 66.7 Å². The highest BCUT2D eigenvalue weighted by molar-refractivity contribution is 6.34. The van der Waals surface area contributed by atoms with Crippen LogP contribution in [-0.4, -0.2) is 15.9 Å². The van der Waals surface area contributed by atoms with E-state index in [2.05, 4.69) is 9.97 Å². The zero-order valence-corrected chi connectivity index (χ0v) is 6.65. The van der Waals surface area contributed by atoms with Gasteiger partial charge in [0.05, 0.1) is 5.56 Å². The molecule has 1 N–H and O–H groups in total. The molecule has 0 aromatic carbocycles. The first-order chi connectivity index (χ1) is 5.11. The number of amides is 1. The van der Waals surface area contributed by atoms with Crippen LogP contribution in [0.1, 0.15) is 10.4 Å². The van der Waals surface area contributed by atoms with Crippen LogP contribution in [0.15, 0.2) is 6.20 Å². The minimum absolute atomic E-state index is 0.0417. The molecule has 11 heavy (non-hydrogen) atoms. The fourth-order valence-corrected chi connectivity index (χ4v) is 0.885. The van der Waals surface area contributed by atoms with Gasteiger partial charge in [0.1, 0.15) is 5.15 Å². The molecule has 1 aromatic heterocycles. The Labute approximate surface area is 72.3 Å². The van der Waals surface area contributed by atoms with Crippen LogP contribution in [0.3, 0.4) is 0 Å². The lowest BCUT2D eigenvalue weighted by Gasteiger charge is -1.95. The van der Waals surface area contributed by atoms with Gasteiger partial charge in [0.15, 0.2) is 0 Å². The summed E-state index contributed by atoms with van der Waals surface area (Å²) in [5.41, 5.74) is 6.64. The Morgan fingerprint density at radius 2 is 2.18 bits per heavy atom. The number of halogens is 2. The number of nitrogens with zero attached hydrogens (tertiary/aromatic N) is 2. The monoisotopic (exact) mass is 190 g/mol. The molecule has 6 heteroatoms. The van der Waals surface area contributed by atoms with Crippen LogP contribution in [0, 0.1) is 0 Å². The number of hydrogen-bond acceptors (Lipinski definition) is 3. The molecule has 1 aromatic rings. The van der Waals surface area contributed by atoms with Gasteiger partial charge in [0.2, 0.25) is 5.28 Å². The van der Waals surface area contributed by atoms with Crippen molar-refractivity contribution in [2.45, 2.75) is 0 Å². The maximum absolute atomic E-state index is 10.4. The first kappa shape index (κ1) is 8.23. The summed E-state index contributed by atoms with van der Waals surface area (Å²) < 4.78 is 0. The number of carbonyl (C=O) groups excluding carboxylic acids is 1. The van der Waals surface area contributed by atoms with E-state index in [0.29, 0.717) is 0 Å². The van der Waals surface area contributed by atoms with E-state index in [0.717, 1.165) is 6.20 Å². The van der Waals surface area contributed by atoms with E-state index in [4.69, 9.17) is 28.9 Å². The lowest BCUT2D eigenvalue weighted by molar-refractivity contribution is 0.0991. The van der Waals surface area contributed by atoms with E-state index in [1.54, 1.807) is 0 Å². The average Bonchev–Trinajstić information content (AvgIpc) is 1.85. The van der Waals surface area contributed by atoms with Crippen LogP contribution in [0.25, 0.3) is 0 Å². The predicted molar refractivity (Wildman–Crippen MR) is 39.5 cm³/mol. The van der Waals surface area contributed by atoms with Crippen molar-refractivity contribution in [2.75, 3.05) is 0 Å². The molecule has 1 amide bonds. The number of rotatable bonds is 1. The van der Waals surface area contributed by atoms with Crippen LogP contribution in [0.5, 0.6) is 0 Å². The third-order valence-corrected chi connectivity index (χ3v) is 1.43. The molecule has 0 aliphatic carbocycles. The minimum atomic E-state index is -0.924. The lowest BCUT2D eigenvalue weighted by Crippen LogP contribution is -2.02. The minimum Gasteiger partial charge on any atom is -0.267 e. The third-order valence-electron chi connectivity index (χ3n) is 0.957. The Kier molecular flexibility index (Phi) is 2.26. The van der Waals surface area contributed by atoms with Crippen LogP contribution in [0.2, 0.25) is 10.4 Å². The molecule has 0 aliphatic heterocycles. The normalized spacial score (nSPS) is 9.64. The maximum Gasteiger partial charge on any atom is 0.274 e. The quantitative estimate of drug-likeness (QED) is 0.494. The van der Waals surface area contributed by atoms with Crippen molar-refractivity contribution in [3.8, 4) is 0 Å². The molecule has 0 saturated carbocycles. The van der Waals surface area contributed by atoms with Crippen LogP contribution in [-0.2, 0) is 0 Å². The third kappa shape index (κ3) is 1.78. The molecular formula is C5H2Cl2N3O. The molecule has 1 heterocycles. The van der Waals surface area contributed by atoms with Crippen LogP contribution < -0.4 is 5.73 Å². The Balaban J connectivity index is 3.20. The molecule has 0 atom stereocenters. The Hall–Kier alpha value is -0.870. The standard InChI is InChI=1S/C5H2Cl2N3O/c6-3-2(4(8)11)1-9-5(7)10-3/h1,8H. The summed E-state index contributed by atoms with van der Waals surface area (Å²) >= 11 is 10.8. The van der Waals surface area contributed by atoms with E-state index in [-0.39, 0.29) is 16.0 Å². The highest BCUT2D eigenvalue weighted by atomic mass is 35.5. The summed E-state index contributed by atoms with van der Waals surface area (Å²) in [5.74, 6) is -0.924. The van der Waals surface area contributed by atoms with Crippen LogP contribution in [0.4, 0.5) is 0 Å². The van der Waals surface area contributed by atoms with Crippen molar-refractivity contribution < 1.29 is 4.79 Å². The molecule has 0 bridgehead atoms. The van der Waals surface area contributed by atoms with Gasteiger partial charge in [-0.05, 0) is 11.6 Å². The summed E-state index contributed by atoms with van der Waals surface area (Å²) in [4.78, 5) is 17.4. The molecule has 0 aliphatic rings. The first-order valence-electron chi connectivity index (χ1n) is 2.55. The van der Waals surface area contributed by atoms with Gasteiger partial charge in [-0.25, -0.2) is 9.97 Å². The Morgan fingerprint density at radius 3 is 2.64 bits per heavy atom. The van der Waals surface area contributed by atoms with Gasteiger partial charge in [-0.1, -0.05) is 11.6 Å². The number of carbonyl (C=O) groups is 1. The van der Waals surface area contributed by atoms with Crippen molar-refractivity contribution >= 4 is 29.1 Å². The van der Waals surface area contributed by atoms with Crippen molar-refractivity contribution in [1.82, 2.24) is 15.7 Å². The zero-order chi connectivity index (χ0) is 8.43. The SMILES string of the molecule is [NH]C(=O)c1cnc(Cl)nc1Cl. The fourth-order valence-electron chi connectivity index (χ4n) is 0.493. The van der Waals surface area contributed by atoms with Gasteiger partial charge in [-0.2, -0.15) is 0 Å². The zero-order valence-electron chi connectivity index (χ0n) is 5.14. The summed E-state index contributed by atoms with van der Waals surface area (Å²) in [5, 5.41) is -0.134. The number of nitrogens with one attached hydrogen (secondary N) is 1.